The zero-order valence-corrected chi connectivity index (χ0v) is 7.45. The van der Waals surface area contributed by atoms with Crippen molar-refractivity contribution in [3.05, 3.63) is 0 Å². The average molecular weight is 269 g/mol. The Hall–Kier alpha value is -0.147. The summed E-state index contributed by atoms with van der Waals surface area (Å²) in [5.74, 6) is -0.833. The Labute approximate surface area is 75.8 Å². The molecule has 0 aliphatic rings. The number of carboxylic acid groups (broad SMARTS) is 1. The molecule has 0 radical (unpaired) electrons. The van der Waals surface area contributed by atoms with Crippen LogP contribution in [0.25, 0.3) is 0 Å². The van der Waals surface area contributed by atoms with Gasteiger partial charge in [0.25, 0.3) is 5.97 Å². The van der Waals surface area contributed by atoms with E-state index in [0.717, 1.165) is 6.92 Å². The molecule has 0 spiro atoms. The van der Waals surface area contributed by atoms with Crippen LogP contribution >= 0.6 is 0 Å². The third-order valence-corrected chi connectivity index (χ3v) is 0. The molecule has 0 aromatic rings. The summed E-state index contributed by atoms with van der Waals surface area (Å²) < 4.78 is 0. The zero-order chi connectivity index (χ0) is 3.58. The number of carboxylic acids is 1. The van der Waals surface area contributed by atoms with E-state index in [-0.39, 0.29) is 52.3 Å². The van der Waals surface area contributed by atoms with Crippen LogP contribution in [0.5, 0.6) is 0 Å². The SMILES string of the molecule is CC(=O)O.O.O.O.O.O.O.[Ru]. The molecule has 0 saturated heterocycles. The summed E-state index contributed by atoms with van der Waals surface area (Å²) >= 11 is 0. The van der Waals surface area contributed by atoms with E-state index >= 15 is 0 Å². The van der Waals surface area contributed by atoms with E-state index in [2.05, 4.69) is 0 Å². The van der Waals surface area contributed by atoms with Crippen LogP contribution < -0.4 is 0 Å². The fourth-order valence-electron chi connectivity index (χ4n) is 0. The first-order valence-electron chi connectivity index (χ1n) is 0.928. The number of hydrogen-bond acceptors (Lipinski definition) is 1. The van der Waals surface area contributed by atoms with Crippen LogP contribution in [0.2, 0.25) is 0 Å². The van der Waals surface area contributed by atoms with Gasteiger partial charge in [-0.2, -0.15) is 0 Å². The first-order chi connectivity index (χ1) is 1.73. The normalized spacial score (nSPS) is 2.27. The van der Waals surface area contributed by atoms with Crippen LogP contribution in [0, 0.1) is 0 Å². The number of aliphatic carboxylic acids is 1. The summed E-state index contributed by atoms with van der Waals surface area (Å²) in [6.45, 7) is 1.08. The minimum Gasteiger partial charge on any atom is -0.481 e. The van der Waals surface area contributed by atoms with Crippen LogP contribution in [-0.2, 0) is 24.3 Å². The second-order valence-corrected chi connectivity index (χ2v) is 0.519. The predicted octanol–water partition coefficient (Wildman–Crippen LogP) is -4.86. The third kappa shape index (κ3) is 28300. The van der Waals surface area contributed by atoms with Gasteiger partial charge < -0.3 is 38.0 Å². The van der Waals surface area contributed by atoms with Crippen molar-refractivity contribution < 1.29 is 62.2 Å². The van der Waals surface area contributed by atoms with E-state index in [1.54, 1.807) is 0 Å². The molecule has 0 amide bonds. The number of rotatable bonds is 0. The first kappa shape index (κ1) is 129. The fraction of sp³-hybridized carbons (Fsp3) is 0.500. The monoisotopic (exact) mass is 270 g/mol. The molecular weight excluding hydrogens is 253 g/mol. The van der Waals surface area contributed by atoms with Crippen molar-refractivity contribution in [1.82, 2.24) is 0 Å². The molecule has 0 aromatic heterocycles. The van der Waals surface area contributed by atoms with Crippen molar-refractivity contribution in [3.8, 4) is 0 Å². The van der Waals surface area contributed by atoms with Gasteiger partial charge in [0.05, 0.1) is 0 Å². The zero-order valence-electron chi connectivity index (χ0n) is 5.71. The standard InChI is InChI=1S/C2H4O2.6H2O.Ru/c1-2(3)4;;;;;;;/h1H3,(H,3,4);6*1H2;. The summed E-state index contributed by atoms with van der Waals surface area (Å²) in [4.78, 5) is 9.00. The van der Waals surface area contributed by atoms with Crippen molar-refractivity contribution in [2.45, 2.75) is 6.92 Å². The summed E-state index contributed by atoms with van der Waals surface area (Å²) in [7, 11) is 0. The molecule has 0 aliphatic carbocycles. The average Bonchev–Trinajstić information content (AvgIpc) is 0.811. The number of hydrogen-bond donors (Lipinski definition) is 1. The molecule has 0 heterocycles. The quantitative estimate of drug-likeness (QED) is 0.426. The van der Waals surface area contributed by atoms with Gasteiger partial charge in [-0.3, -0.25) is 4.79 Å². The topological polar surface area (TPSA) is 226 Å². The molecule has 0 atom stereocenters. The molecule has 11 heavy (non-hydrogen) atoms. The summed E-state index contributed by atoms with van der Waals surface area (Å²) in [5.41, 5.74) is 0. The van der Waals surface area contributed by atoms with Gasteiger partial charge in [-0.05, 0) is 0 Å². The Morgan fingerprint density at radius 1 is 0.909 bits per heavy atom. The van der Waals surface area contributed by atoms with Crippen LogP contribution in [0.4, 0.5) is 0 Å². The molecule has 0 unspecified atom stereocenters. The van der Waals surface area contributed by atoms with Crippen LogP contribution in [0.15, 0.2) is 0 Å². The van der Waals surface area contributed by atoms with E-state index in [9.17, 15) is 0 Å². The van der Waals surface area contributed by atoms with Gasteiger partial charge >= 0.3 is 0 Å². The van der Waals surface area contributed by atoms with Crippen molar-refractivity contribution >= 4 is 5.97 Å². The second-order valence-electron chi connectivity index (χ2n) is 0.519. The van der Waals surface area contributed by atoms with Crippen molar-refractivity contribution in [2.75, 3.05) is 0 Å². The maximum Gasteiger partial charge on any atom is 0.300 e. The Kier molecular flexibility index (Phi) is 1120. The van der Waals surface area contributed by atoms with Gasteiger partial charge in [-0.15, -0.1) is 0 Å². The van der Waals surface area contributed by atoms with Gasteiger partial charge in [0, 0.05) is 26.4 Å². The van der Waals surface area contributed by atoms with Crippen molar-refractivity contribution in [3.63, 3.8) is 0 Å². The van der Waals surface area contributed by atoms with E-state index in [0.29, 0.717) is 0 Å². The van der Waals surface area contributed by atoms with Gasteiger partial charge in [0.15, 0.2) is 0 Å². The maximum atomic E-state index is 9.00. The van der Waals surface area contributed by atoms with Crippen molar-refractivity contribution in [2.24, 2.45) is 0 Å². The molecule has 8 nitrogen and oxygen atoms in total. The minimum absolute atomic E-state index is 0. The maximum absolute atomic E-state index is 9.00. The Bertz CT molecular complexity index is 35.1. The molecule has 80 valence electrons. The molecule has 9 heteroatoms. The Balaban J connectivity index is -0.00000000214. The molecule has 0 saturated carbocycles. The summed E-state index contributed by atoms with van der Waals surface area (Å²) in [5, 5.41) is 7.42. The first-order valence-corrected chi connectivity index (χ1v) is 0.928. The van der Waals surface area contributed by atoms with Gasteiger partial charge in [0.2, 0.25) is 0 Å². The predicted molar refractivity (Wildman–Crippen MR) is 35.0 cm³/mol. The van der Waals surface area contributed by atoms with E-state index < -0.39 is 5.97 Å². The summed E-state index contributed by atoms with van der Waals surface area (Å²) in [6, 6.07) is 0. The smallest absolute Gasteiger partial charge is 0.300 e. The van der Waals surface area contributed by atoms with Gasteiger partial charge in [0.1, 0.15) is 0 Å². The van der Waals surface area contributed by atoms with E-state index in [1.165, 1.54) is 0 Å². The molecule has 0 rings (SSSR count). The van der Waals surface area contributed by atoms with Crippen LogP contribution in [0.3, 0.4) is 0 Å². The van der Waals surface area contributed by atoms with Gasteiger partial charge in [-0.1, -0.05) is 0 Å². The summed E-state index contributed by atoms with van der Waals surface area (Å²) in [6.07, 6.45) is 0. The Morgan fingerprint density at radius 3 is 0.909 bits per heavy atom. The fourth-order valence-corrected chi connectivity index (χ4v) is 0. The third-order valence-electron chi connectivity index (χ3n) is 0. The van der Waals surface area contributed by atoms with Crippen molar-refractivity contribution in [1.29, 1.82) is 0 Å². The number of carbonyl (C=O) groups is 1. The molecule has 0 aromatic carbocycles. The molecule has 0 fully saturated rings. The molecule has 13 N–H and O–H groups in total. The van der Waals surface area contributed by atoms with E-state index in [1.807, 2.05) is 0 Å². The molecular formula is C2H16O8Ru. The second kappa shape index (κ2) is 94.9. The Morgan fingerprint density at radius 2 is 0.909 bits per heavy atom. The van der Waals surface area contributed by atoms with Gasteiger partial charge in [-0.25, -0.2) is 0 Å². The van der Waals surface area contributed by atoms with E-state index in [4.69, 9.17) is 9.90 Å². The molecule has 0 aliphatic heterocycles. The van der Waals surface area contributed by atoms with Crippen LogP contribution in [-0.4, -0.2) is 43.9 Å². The van der Waals surface area contributed by atoms with Crippen LogP contribution in [0.1, 0.15) is 6.92 Å². The minimum atomic E-state index is -0.833. The molecule has 0 bridgehead atoms. The largest absolute Gasteiger partial charge is 0.481 e.